The number of phenolic OH excluding ortho intramolecular Hbond substituents is 2. The average molecular weight is 368 g/mol. The van der Waals surface area contributed by atoms with E-state index in [0.29, 0.717) is 11.3 Å². The van der Waals surface area contributed by atoms with Gasteiger partial charge in [-0.2, -0.15) is 0 Å². The van der Waals surface area contributed by atoms with Crippen LogP contribution in [-0.2, 0) is 5.41 Å². The molecule has 2 aromatic carbocycles. The average Bonchev–Trinajstić information content (AvgIpc) is 2.60. The fraction of sp³-hybridized carbons (Fsp3) is 0.348. The smallest absolute Gasteiger partial charge is 0.185 e. The van der Waals surface area contributed by atoms with E-state index in [2.05, 4.69) is 20.8 Å². The van der Waals surface area contributed by atoms with Crippen LogP contribution in [0.5, 0.6) is 17.2 Å². The summed E-state index contributed by atoms with van der Waals surface area (Å²) in [4.78, 5) is 12.4. The number of ketones is 1. The van der Waals surface area contributed by atoms with E-state index >= 15 is 0 Å². The van der Waals surface area contributed by atoms with Gasteiger partial charge in [0.2, 0.25) is 0 Å². The van der Waals surface area contributed by atoms with Crippen molar-refractivity contribution in [3.8, 4) is 17.2 Å². The van der Waals surface area contributed by atoms with E-state index in [9.17, 15) is 15.0 Å². The maximum atomic E-state index is 12.4. The molecule has 0 aromatic heterocycles. The molecule has 0 amide bonds. The second-order valence-corrected chi connectivity index (χ2v) is 7.56. The number of hydrogen-bond acceptors (Lipinski definition) is 4. The largest absolute Gasteiger partial charge is 0.508 e. The molecule has 27 heavy (non-hydrogen) atoms. The molecule has 0 fully saturated rings. The highest BCUT2D eigenvalue weighted by atomic mass is 16.5. The van der Waals surface area contributed by atoms with Crippen LogP contribution < -0.4 is 4.74 Å². The Morgan fingerprint density at radius 3 is 2.33 bits per heavy atom. The van der Waals surface area contributed by atoms with Gasteiger partial charge in [-0.05, 0) is 68.2 Å². The fourth-order valence-corrected chi connectivity index (χ4v) is 2.69. The minimum Gasteiger partial charge on any atom is -0.508 e. The van der Waals surface area contributed by atoms with Crippen molar-refractivity contribution in [3.05, 3.63) is 59.2 Å². The van der Waals surface area contributed by atoms with Crippen molar-refractivity contribution in [2.75, 3.05) is 0 Å². The van der Waals surface area contributed by atoms with Gasteiger partial charge in [0.1, 0.15) is 17.2 Å². The summed E-state index contributed by atoms with van der Waals surface area (Å²) in [5.41, 5.74) is 1.84. The third-order valence-electron chi connectivity index (χ3n) is 4.67. The zero-order chi connectivity index (χ0) is 20.2. The third kappa shape index (κ3) is 5.13. The van der Waals surface area contributed by atoms with E-state index in [1.54, 1.807) is 24.3 Å². The zero-order valence-electron chi connectivity index (χ0n) is 16.6. The van der Waals surface area contributed by atoms with E-state index < -0.39 is 0 Å². The number of phenols is 2. The van der Waals surface area contributed by atoms with Crippen LogP contribution in [-0.4, -0.2) is 22.1 Å². The van der Waals surface area contributed by atoms with Gasteiger partial charge in [-0.1, -0.05) is 20.8 Å². The van der Waals surface area contributed by atoms with Crippen molar-refractivity contribution in [2.24, 2.45) is 0 Å². The molecule has 0 atom stereocenters. The SMILES string of the molecule is CCC(C)(C)c1cc(/C=C/C(=O)c2ccc(O)cc2)c(OC(C)C)cc1O. The van der Waals surface area contributed by atoms with Gasteiger partial charge >= 0.3 is 0 Å². The Balaban J connectivity index is 2.43. The highest BCUT2D eigenvalue weighted by molar-refractivity contribution is 6.07. The van der Waals surface area contributed by atoms with Gasteiger partial charge in [-0.3, -0.25) is 4.79 Å². The highest BCUT2D eigenvalue weighted by Crippen LogP contribution is 2.38. The molecule has 0 spiro atoms. The monoisotopic (exact) mass is 368 g/mol. The molecule has 144 valence electrons. The van der Waals surface area contributed by atoms with Crippen molar-refractivity contribution in [1.29, 1.82) is 0 Å². The minimum absolute atomic E-state index is 0.0608. The molecule has 0 bridgehead atoms. The first-order valence-electron chi connectivity index (χ1n) is 9.19. The number of aromatic hydroxyl groups is 2. The first kappa shape index (κ1) is 20.6. The first-order valence-corrected chi connectivity index (χ1v) is 9.19. The lowest BCUT2D eigenvalue weighted by Crippen LogP contribution is -2.16. The molecule has 2 rings (SSSR count). The molecule has 0 saturated carbocycles. The van der Waals surface area contributed by atoms with E-state index in [1.165, 1.54) is 18.2 Å². The van der Waals surface area contributed by atoms with Crippen LogP contribution in [0, 0.1) is 0 Å². The van der Waals surface area contributed by atoms with Gasteiger partial charge in [0, 0.05) is 22.8 Å². The van der Waals surface area contributed by atoms with Gasteiger partial charge in [-0.15, -0.1) is 0 Å². The number of carbonyl (C=O) groups is 1. The van der Waals surface area contributed by atoms with Crippen LogP contribution in [0.15, 0.2) is 42.5 Å². The zero-order valence-corrected chi connectivity index (χ0v) is 16.6. The molecule has 0 aliphatic rings. The summed E-state index contributed by atoms with van der Waals surface area (Å²) >= 11 is 0. The molecule has 2 aromatic rings. The van der Waals surface area contributed by atoms with Crippen molar-refractivity contribution in [1.82, 2.24) is 0 Å². The summed E-state index contributed by atoms with van der Waals surface area (Å²) in [6.45, 7) is 10.0. The van der Waals surface area contributed by atoms with Gasteiger partial charge in [-0.25, -0.2) is 0 Å². The number of carbonyl (C=O) groups excluding carboxylic acids is 1. The quantitative estimate of drug-likeness (QED) is 0.502. The molecule has 0 saturated heterocycles. The Kier molecular flexibility index (Phi) is 6.32. The molecule has 0 aliphatic carbocycles. The van der Waals surface area contributed by atoms with Gasteiger partial charge < -0.3 is 14.9 Å². The summed E-state index contributed by atoms with van der Waals surface area (Å²) in [5.74, 6) is 0.676. The Morgan fingerprint density at radius 2 is 1.78 bits per heavy atom. The molecule has 0 aliphatic heterocycles. The van der Waals surface area contributed by atoms with Crippen molar-refractivity contribution in [2.45, 2.75) is 52.6 Å². The van der Waals surface area contributed by atoms with Crippen LogP contribution in [0.4, 0.5) is 0 Å². The van der Waals surface area contributed by atoms with Gasteiger partial charge in [0.15, 0.2) is 5.78 Å². The topological polar surface area (TPSA) is 66.8 Å². The van der Waals surface area contributed by atoms with Crippen LogP contribution in [0.2, 0.25) is 0 Å². The molecule has 2 N–H and O–H groups in total. The van der Waals surface area contributed by atoms with E-state index in [0.717, 1.165) is 17.5 Å². The molecule has 0 radical (unpaired) electrons. The molecule has 0 heterocycles. The second kappa shape index (κ2) is 8.30. The standard InChI is InChI=1S/C23H28O4/c1-6-23(4,5)19-13-17(22(14-21(19)26)27-15(2)3)9-12-20(25)16-7-10-18(24)11-8-16/h7-15,24,26H,6H2,1-5H3/b12-9+. The molecular weight excluding hydrogens is 340 g/mol. The maximum absolute atomic E-state index is 12.4. The van der Waals surface area contributed by atoms with E-state index in [4.69, 9.17) is 4.74 Å². The predicted molar refractivity (Wildman–Crippen MR) is 109 cm³/mol. The third-order valence-corrected chi connectivity index (χ3v) is 4.67. The van der Waals surface area contributed by atoms with E-state index in [-0.39, 0.29) is 28.8 Å². The lowest BCUT2D eigenvalue weighted by molar-refractivity contribution is 0.104. The lowest BCUT2D eigenvalue weighted by atomic mass is 9.81. The summed E-state index contributed by atoms with van der Waals surface area (Å²) in [6, 6.07) is 9.63. The molecule has 4 heteroatoms. The number of benzene rings is 2. The number of allylic oxidation sites excluding steroid dienone is 1. The van der Waals surface area contributed by atoms with Crippen LogP contribution >= 0.6 is 0 Å². The van der Waals surface area contributed by atoms with Gasteiger partial charge in [0.05, 0.1) is 6.10 Å². The Labute approximate surface area is 161 Å². The Morgan fingerprint density at radius 1 is 1.15 bits per heavy atom. The summed E-state index contributed by atoms with van der Waals surface area (Å²) < 4.78 is 5.83. The number of ether oxygens (including phenoxy) is 1. The highest BCUT2D eigenvalue weighted by Gasteiger charge is 2.23. The number of hydrogen-bond donors (Lipinski definition) is 2. The Bertz CT molecular complexity index is 830. The summed E-state index contributed by atoms with van der Waals surface area (Å²) in [6.07, 6.45) is 3.99. The molecule has 0 unspecified atom stereocenters. The molecular formula is C23H28O4. The fourth-order valence-electron chi connectivity index (χ4n) is 2.69. The first-order chi connectivity index (χ1) is 12.6. The summed E-state index contributed by atoms with van der Waals surface area (Å²) in [5, 5.41) is 19.8. The van der Waals surface area contributed by atoms with Crippen LogP contribution in [0.3, 0.4) is 0 Å². The molecule has 4 nitrogen and oxygen atoms in total. The summed E-state index contributed by atoms with van der Waals surface area (Å²) in [7, 11) is 0. The normalized spacial score (nSPS) is 11.9. The van der Waals surface area contributed by atoms with Crippen LogP contribution in [0.25, 0.3) is 6.08 Å². The lowest BCUT2D eigenvalue weighted by Gasteiger charge is -2.26. The minimum atomic E-state index is -0.204. The van der Waals surface area contributed by atoms with E-state index in [1.807, 2.05) is 19.9 Å². The Hall–Kier alpha value is -2.75. The van der Waals surface area contributed by atoms with Gasteiger partial charge in [0.25, 0.3) is 0 Å². The number of rotatable bonds is 7. The predicted octanol–water partition coefficient (Wildman–Crippen LogP) is 5.47. The maximum Gasteiger partial charge on any atom is 0.185 e. The van der Waals surface area contributed by atoms with Crippen molar-refractivity contribution < 1.29 is 19.7 Å². The van der Waals surface area contributed by atoms with Crippen molar-refractivity contribution >= 4 is 11.9 Å². The van der Waals surface area contributed by atoms with Crippen LogP contribution in [0.1, 0.15) is 62.5 Å². The van der Waals surface area contributed by atoms with Crippen molar-refractivity contribution in [3.63, 3.8) is 0 Å². The second-order valence-electron chi connectivity index (χ2n) is 7.56.